The number of aryl methyl sites for hydroxylation is 1. The number of fused-ring (bicyclic) bond motifs is 1. The van der Waals surface area contributed by atoms with Crippen molar-refractivity contribution < 1.29 is 14.7 Å². The van der Waals surface area contributed by atoms with E-state index in [2.05, 4.69) is 10.3 Å². The molecule has 1 atom stereocenters. The summed E-state index contributed by atoms with van der Waals surface area (Å²) in [6.07, 6.45) is -0.00548. The van der Waals surface area contributed by atoms with E-state index in [1.807, 2.05) is 25.1 Å². The SMILES string of the molecule is Cc1cc2cc(NC(=O)C(=O)N3CC[C@@H](O)C3)ccc2[nH]1. The number of nitrogens with one attached hydrogen (secondary N) is 2. The van der Waals surface area contributed by atoms with E-state index in [0.29, 0.717) is 18.7 Å². The van der Waals surface area contributed by atoms with Gasteiger partial charge in [0, 0.05) is 35.4 Å². The fourth-order valence-electron chi connectivity index (χ4n) is 2.61. The van der Waals surface area contributed by atoms with E-state index in [1.165, 1.54) is 4.90 Å². The van der Waals surface area contributed by atoms with Gasteiger partial charge in [0.05, 0.1) is 6.10 Å². The van der Waals surface area contributed by atoms with Crippen LogP contribution in [0, 0.1) is 6.92 Å². The number of carbonyl (C=O) groups is 2. The van der Waals surface area contributed by atoms with Crippen LogP contribution in [0.2, 0.25) is 0 Å². The molecule has 21 heavy (non-hydrogen) atoms. The smallest absolute Gasteiger partial charge is 0.313 e. The van der Waals surface area contributed by atoms with Crippen LogP contribution in [0.4, 0.5) is 5.69 Å². The Kier molecular flexibility index (Phi) is 3.39. The highest BCUT2D eigenvalue weighted by molar-refractivity contribution is 6.39. The third-order valence-corrected chi connectivity index (χ3v) is 3.66. The van der Waals surface area contributed by atoms with Gasteiger partial charge >= 0.3 is 11.8 Å². The first-order chi connectivity index (χ1) is 10.0. The third-order valence-electron chi connectivity index (χ3n) is 3.66. The summed E-state index contributed by atoms with van der Waals surface area (Å²) in [5.74, 6) is -1.27. The Hall–Kier alpha value is -2.34. The Morgan fingerprint density at radius 1 is 1.38 bits per heavy atom. The molecular weight excluding hydrogens is 270 g/mol. The molecule has 0 unspecified atom stereocenters. The predicted molar refractivity (Wildman–Crippen MR) is 78.9 cm³/mol. The van der Waals surface area contributed by atoms with Gasteiger partial charge in [-0.3, -0.25) is 9.59 Å². The van der Waals surface area contributed by atoms with E-state index in [1.54, 1.807) is 6.07 Å². The maximum atomic E-state index is 12.0. The van der Waals surface area contributed by atoms with Crippen molar-refractivity contribution in [1.29, 1.82) is 0 Å². The lowest BCUT2D eigenvalue weighted by molar-refractivity contribution is -0.142. The van der Waals surface area contributed by atoms with Crippen molar-refractivity contribution in [2.75, 3.05) is 18.4 Å². The van der Waals surface area contributed by atoms with E-state index in [-0.39, 0.29) is 6.54 Å². The minimum atomic E-state index is -0.671. The highest BCUT2D eigenvalue weighted by Gasteiger charge is 2.28. The van der Waals surface area contributed by atoms with E-state index >= 15 is 0 Å². The summed E-state index contributed by atoms with van der Waals surface area (Å²) < 4.78 is 0. The van der Waals surface area contributed by atoms with Gasteiger partial charge in [-0.2, -0.15) is 0 Å². The summed E-state index contributed by atoms with van der Waals surface area (Å²) >= 11 is 0. The Morgan fingerprint density at radius 3 is 2.90 bits per heavy atom. The topological polar surface area (TPSA) is 85.4 Å². The predicted octanol–water partition coefficient (Wildman–Crippen LogP) is 1.01. The number of β-amino-alcohol motifs (C(OH)–C–C–N with tert-alkyl or cyclic N) is 1. The molecule has 2 aromatic rings. The van der Waals surface area contributed by atoms with Crippen LogP contribution in [0.25, 0.3) is 10.9 Å². The summed E-state index contributed by atoms with van der Waals surface area (Å²) in [7, 11) is 0. The van der Waals surface area contributed by atoms with Crippen LogP contribution in [-0.4, -0.2) is 46.0 Å². The molecule has 0 aliphatic carbocycles. The summed E-state index contributed by atoms with van der Waals surface area (Å²) in [5, 5.41) is 13.0. The fourth-order valence-corrected chi connectivity index (χ4v) is 2.61. The minimum Gasteiger partial charge on any atom is -0.391 e. The molecule has 0 saturated carbocycles. The summed E-state index contributed by atoms with van der Waals surface area (Å²) in [5.41, 5.74) is 2.61. The third kappa shape index (κ3) is 2.75. The highest BCUT2D eigenvalue weighted by atomic mass is 16.3. The number of anilines is 1. The monoisotopic (exact) mass is 287 g/mol. The van der Waals surface area contributed by atoms with E-state index in [0.717, 1.165) is 16.6 Å². The second-order valence-electron chi connectivity index (χ2n) is 5.40. The maximum Gasteiger partial charge on any atom is 0.313 e. The zero-order chi connectivity index (χ0) is 15.0. The second-order valence-corrected chi connectivity index (χ2v) is 5.40. The average Bonchev–Trinajstić information content (AvgIpc) is 3.02. The number of aliphatic hydroxyl groups excluding tert-OH is 1. The number of carbonyl (C=O) groups excluding carboxylic acids is 2. The molecule has 6 nitrogen and oxygen atoms in total. The lowest BCUT2D eigenvalue weighted by Crippen LogP contribution is -2.38. The number of aliphatic hydroxyl groups is 1. The maximum absolute atomic E-state index is 12.0. The van der Waals surface area contributed by atoms with Gasteiger partial charge in [0.1, 0.15) is 0 Å². The Balaban J connectivity index is 1.72. The summed E-state index contributed by atoms with van der Waals surface area (Å²) in [6, 6.07) is 7.41. The number of rotatable bonds is 1. The van der Waals surface area contributed by atoms with Crippen LogP contribution in [0.5, 0.6) is 0 Å². The van der Waals surface area contributed by atoms with Crippen molar-refractivity contribution in [3.63, 3.8) is 0 Å². The molecular formula is C15H17N3O3. The molecule has 0 radical (unpaired) electrons. The zero-order valence-electron chi connectivity index (χ0n) is 11.7. The first-order valence-electron chi connectivity index (χ1n) is 6.90. The number of benzene rings is 1. The normalized spacial score (nSPS) is 18.2. The molecule has 1 fully saturated rings. The van der Waals surface area contributed by atoms with Gasteiger partial charge in [-0.15, -0.1) is 0 Å². The Morgan fingerprint density at radius 2 is 2.19 bits per heavy atom. The van der Waals surface area contributed by atoms with Gasteiger partial charge in [-0.05, 0) is 37.6 Å². The van der Waals surface area contributed by atoms with Gasteiger partial charge in [0.15, 0.2) is 0 Å². The summed E-state index contributed by atoms with van der Waals surface area (Å²) in [4.78, 5) is 28.5. The number of likely N-dealkylation sites (tertiary alicyclic amines) is 1. The van der Waals surface area contributed by atoms with Crippen LogP contribution >= 0.6 is 0 Å². The molecule has 2 amide bonds. The van der Waals surface area contributed by atoms with Crippen molar-refractivity contribution >= 4 is 28.4 Å². The largest absolute Gasteiger partial charge is 0.391 e. The molecule has 1 aromatic heterocycles. The number of hydrogen-bond acceptors (Lipinski definition) is 3. The molecule has 1 aliphatic rings. The zero-order valence-corrected chi connectivity index (χ0v) is 11.7. The fraction of sp³-hybridized carbons (Fsp3) is 0.333. The molecule has 3 N–H and O–H groups in total. The van der Waals surface area contributed by atoms with Gasteiger partial charge in [-0.25, -0.2) is 0 Å². The number of aromatic nitrogens is 1. The molecule has 0 bridgehead atoms. The first-order valence-corrected chi connectivity index (χ1v) is 6.90. The van der Waals surface area contributed by atoms with E-state index in [4.69, 9.17) is 0 Å². The number of nitrogens with zero attached hydrogens (tertiary/aromatic N) is 1. The lowest BCUT2D eigenvalue weighted by atomic mass is 10.2. The molecule has 6 heteroatoms. The molecule has 1 aromatic carbocycles. The van der Waals surface area contributed by atoms with E-state index in [9.17, 15) is 14.7 Å². The number of H-pyrrole nitrogens is 1. The highest BCUT2D eigenvalue weighted by Crippen LogP contribution is 2.20. The van der Waals surface area contributed by atoms with Crippen molar-refractivity contribution in [3.8, 4) is 0 Å². The number of aromatic amines is 1. The lowest BCUT2D eigenvalue weighted by Gasteiger charge is -2.14. The van der Waals surface area contributed by atoms with Crippen molar-refractivity contribution in [2.45, 2.75) is 19.4 Å². The first kappa shape index (κ1) is 13.6. The van der Waals surface area contributed by atoms with Gasteiger partial charge in [-0.1, -0.05) is 0 Å². The van der Waals surface area contributed by atoms with Crippen LogP contribution < -0.4 is 5.32 Å². The molecule has 1 aliphatic heterocycles. The number of hydrogen-bond donors (Lipinski definition) is 3. The van der Waals surface area contributed by atoms with Crippen molar-refractivity contribution in [1.82, 2.24) is 9.88 Å². The molecule has 0 spiro atoms. The molecule has 1 saturated heterocycles. The Bertz CT molecular complexity index is 707. The molecule has 110 valence electrons. The second kappa shape index (κ2) is 5.21. The average molecular weight is 287 g/mol. The van der Waals surface area contributed by atoms with Gasteiger partial charge in [0.25, 0.3) is 0 Å². The van der Waals surface area contributed by atoms with Crippen LogP contribution in [0.1, 0.15) is 12.1 Å². The van der Waals surface area contributed by atoms with Gasteiger partial charge < -0.3 is 20.3 Å². The Labute approximate surface area is 121 Å². The minimum absolute atomic E-state index is 0.224. The van der Waals surface area contributed by atoms with Crippen molar-refractivity contribution in [2.24, 2.45) is 0 Å². The van der Waals surface area contributed by atoms with Crippen LogP contribution in [0.3, 0.4) is 0 Å². The molecule has 3 rings (SSSR count). The number of amides is 2. The summed E-state index contributed by atoms with van der Waals surface area (Å²) in [6.45, 7) is 2.60. The van der Waals surface area contributed by atoms with E-state index < -0.39 is 17.9 Å². The van der Waals surface area contributed by atoms with Crippen molar-refractivity contribution in [3.05, 3.63) is 30.0 Å². The quantitative estimate of drug-likeness (QED) is 0.684. The van der Waals surface area contributed by atoms with Crippen LogP contribution in [0.15, 0.2) is 24.3 Å². The van der Waals surface area contributed by atoms with Crippen LogP contribution in [-0.2, 0) is 9.59 Å². The molecule has 2 heterocycles. The standard InChI is InChI=1S/C15H17N3O3/c1-9-6-10-7-11(2-3-13(10)16-9)17-14(20)15(21)18-5-4-12(19)8-18/h2-3,6-7,12,16,19H,4-5,8H2,1H3,(H,17,20)/t12-/m1/s1. The van der Waals surface area contributed by atoms with Gasteiger partial charge in [0.2, 0.25) is 0 Å².